The van der Waals surface area contributed by atoms with Crippen LogP contribution in [0.3, 0.4) is 0 Å². The summed E-state index contributed by atoms with van der Waals surface area (Å²) in [6, 6.07) is 8.12. The summed E-state index contributed by atoms with van der Waals surface area (Å²) >= 11 is 0. The minimum atomic E-state index is -0.479. The van der Waals surface area contributed by atoms with Crippen molar-refractivity contribution >= 4 is 5.69 Å². The Morgan fingerprint density at radius 1 is 1.46 bits per heavy atom. The molecule has 0 atom stereocenters. The first-order valence-corrected chi connectivity index (χ1v) is 3.35. The number of para-hydroxylation sites is 1. The molecule has 5 nitrogen and oxygen atoms in total. The van der Waals surface area contributed by atoms with Crippen LogP contribution < -0.4 is 0 Å². The third-order valence-electron chi connectivity index (χ3n) is 1.46. The van der Waals surface area contributed by atoms with Crippen LogP contribution in [0.25, 0.3) is 0 Å². The third-order valence-corrected chi connectivity index (χ3v) is 1.46. The van der Waals surface area contributed by atoms with Crippen molar-refractivity contribution in [2.75, 3.05) is 0 Å². The summed E-state index contributed by atoms with van der Waals surface area (Å²) in [7, 11) is 0. The molecule has 68 valence electrons. The molecule has 0 amide bonds. The minimum absolute atomic E-state index is 0. The molecule has 5 heteroatoms. The highest BCUT2D eigenvalue weighted by Gasteiger charge is 2.10. The third kappa shape index (κ3) is 2.54. The molecule has 13 heavy (non-hydrogen) atoms. The van der Waals surface area contributed by atoms with Crippen molar-refractivity contribution in [1.82, 2.24) is 0 Å². The quantitative estimate of drug-likeness (QED) is 0.497. The van der Waals surface area contributed by atoms with E-state index in [1.807, 2.05) is 6.07 Å². The van der Waals surface area contributed by atoms with Crippen molar-refractivity contribution in [1.29, 1.82) is 5.26 Å². The fourth-order valence-corrected chi connectivity index (χ4v) is 0.924. The van der Waals surface area contributed by atoms with E-state index in [4.69, 9.17) is 5.26 Å². The number of rotatable bonds is 2. The zero-order valence-corrected chi connectivity index (χ0v) is 6.73. The second kappa shape index (κ2) is 4.85. The molecule has 2 N–H and O–H groups in total. The van der Waals surface area contributed by atoms with E-state index in [1.165, 1.54) is 6.07 Å². The normalized spacial score (nSPS) is 8.23. The molecule has 0 aliphatic rings. The highest BCUT2D eigenvalue weighted by Crippen LogP contribution is 2.17. The highest BCUT2D eigenvalue weighted by atomic mass is 16.6. The highest BCUT2D eigenvalue weighted by molar-refractivity contribution is 5.41. The molecule has 1 rings (SSSR count). The Bertz CT molecular complexity index is 343. The molecule has 0 radical (unpaired) electrons. The van der Waals surface area contributed by atoms with Crippen LogP contribution in [0.15, 0.2) is 24.3 Å². The maximum absolute atomic E-state index is 10.4. The van der Waals surface area contributed by atoms with Gasteiger partial charge in [0.25, 0.3) is 5.69 Å². The lowest BCUT2D eigenvalue weighted by molar-refractivity contribution is -0.385. The Morgan fingerprint density at radius 2 is 2.08 bits per heavy atom. The van der Waals surface area contributed by atoms with Crippen LogP contribution in [0.5, 0.6) is 0 Å². The van der Waals surface area contributed by atoms with Gasteiger partial charge in [0.15, 0.2) is 0 Å². The van der Waals surface area contributed by atoms with Gasteiger partial charge in [-0.2, -0.15) is 5.26 Å². The summed E-state index contributed by atoms with van der Waals surface area (Å²) in [6.07, 6.45) is 0.0805. The summed E-state index contributed by atoms with van der Waals surface area (Å²) in [6.45, 7) is 0. The van der Waals surface area contributed by atoms with E-state index >= 15 is 0 Å². The van der Waals surface area contributed by atoms with E-state index < -0.39 is 4.92 Å². The maximum atomic E-state index is 10.4. The molecule has 0 saturated carbocycles. The van der Waals surface area contributed by atoms with Crippen LogP contribution in [0.4, 0.5) is 5.69 Å². The lowest BCUT2D eigenvalue weighted by Crippen LogP contribution is -1.93. The number of nitriles is 1. The molecule has 0 spiro atoms. The van der Waals surface area contributed by atoms with Gasteiger partial charge in [0.2, 0.25) is 0 Å². The van der Waals surface area contributed by atoms with E-state index in [0.717, 1.165) is 0 Å². The van der Waals surface area contributed by atoms with E-state index in [-0.39, 0.29) is 17.6 Å². The van der Waals surface area contributed by atoms with Crippen LogP contribution in [-0.2, 0) is 6.42 Å². The average molecular weight is 180 g/mol. The summed E-state index contributed by atoms with van der Waals surface area (Å²) in [5, 5.41) is 18.7. The summed E-state index contributed by atoms with van der Waals surface area (Å²) in [5.41, 5.74) is 0.476. The number of nitro groups is 1. The maximum Gasteiger partial charge on any atom is 0.273 e. The topological polar surface area (TPSA) is 98.4 Å². The molecule has 0 aliphatic carbocycles. The van der Waals surface area contributed by atoms with Crippen molar-refractivity contribution < 1.29 is 10.4 Å². The molecular formula is C8H8N2O3. The molecule has 1 aromatic carbocycles. The summed E-state index contributed by atoms with van der Waals surface area (Å²) in [4.78, 5) is 9.91. The molecular weight excluding hydrogens is 172 g/mol. The second-order valence-corrected chi connectivity index (χ2v) is 2.22. The van der Waals surface area contributed by atoms with Crippen LogP contribution in [-0.4, -0.2) is 10.4 Å². The van der Waals surface area contributed by atoms with E-state index in [1.54, 1.807) is 18.2 Å². The summed E-state index contributed by atoms with van der Waals surface area (Å²) in [5.74, 6) is 0. The molecule has 0 aromatic heterocycles. The Labute approximate surface area is 74.7 Å². The second-order valence-electron chi connectivity index (χ2n) is 2.22. The van der Waals surface area contributed by atoms with E-state index in [2.05, 4.69) is 0 Å². The Morgan fingerprint density at radius 3 is 2.62 bits per heavy atom. The van der Waals surface area contributed by atoms with Crippen molar-refractivity contribution in [2.24, 2.45) is 0 Å². The van der Waals surface area contributed by atoms with Gasteiger partial charge in [-0.25, -0.2) is 0 Å². The van der Waals surface area contributed by atoms with Crippen molar-refractivity contribution in [2.45, 2.75) is 6.42 Å². The van der Waals surface area contributed by atoms with Crippen LogP contribution in [0.1, 0.15) is 5.56 Å². The molecule has 0 aliphatic heterocycles. The lowest BCUT2D eigenvalue weighted by Gasteiger charge is -1.95. The molecule has 0 saturated heterocycles. The van der Waals surface area contributed by atoms with Gasteiger partial charge >= 0.3 is 0 Å². The predicted octanol–water partition coefficient (Wildman–Crippen LogP) is 0.836. The predicted molar refractivity (Wildman–Crippen MR) is 46.0 cm³/mol. The van der Waals surface area contributed by atoms with Gasteiger partial charge < -0.3 is 5.48 Å². The number of benzene rings is 1. The van der Waals surface area contributed by atoms with Gasteiger partial charge in [-0.05, 0) is 0 Å². The first-order chi connectivity index (χ1) is 5.75. The summed E-state index contributed by atoms with van der Waals surface area (Å²) < 4.78 is 0. The first-order valence-electron chi connectivity index (χ1n) is 3.35. The monoisotopic (exact) mass is 180 g/mol. The molecule has 0 heterocycles. The minimum Gasteiger partial charge on any atom is -0.412 e. The van der Waals surface area contributed by atoms with Crippen molar-refractivity contribution in [3.05, 3.63) is 39.9 Å². The van der Waals surface area contributed by atoms with Gasteiger partial charge in [0.05, 0.1) is 17.4 Å². The van der Waals surface area contributed by atoms with Gasteiger partial charge in [0, 0.05) is 11.6 Å². The standard InChI is InChI=1S/C8H6N2O2.H2O/c9-6-5-7-3-1-2-4-8(7)10(11)12;/h1-4H,5H2;1H2. The van der Waals surface area contributed by atoms with E-state index in [9.17, 15) is 10.1 Å². The first kappa shape index (κ1) is 11.1. The fourth-order valence-electron chi connectivity index (χ4n) is 0.924. The molecule has 0 fully saturated rings. The van der Waals surface area contributed by atoms with E-state index in [0.29, 0.717) is 5.56 Å². The number of nitro benzene ring substituents is 1. The zero-order chi connectivity index (χ0) is 8.97. The van der Waals surface area contributed by atoms with Gasteiger partial charge in [-0.15, -0.1) is 0 Å². The Balaban J connectivity index is 0.00000144. The SMILES string of the molecule is N#CCc1ccccc1[N+](=O)[O-].O. The molecule has 1 aromatic rings. The van der Waals surface area contributed by atoms with Gasteiger partial charge in [0.1, 0.15) is 0 Å². The Hall–Kier alpha value is -1.93. The molecule has 0 unspecified atom stereocenters. The van der Waals surface area contributed by atoms with Gasteiger partial charge in [-0.1, -0.05) is 18.2 Å². The number of nitrogens with zero attached hydrogens (tertiary/aromatic N) is 2. The smallest absolute Gasteiger partial charge is 0.273 e. The number of hydrogen-bond donors (Lipinski definition) is 0. The molecule has 0 bridgehead atoms. The Kier molecular flexibility index (Phi) is 4.13. The van der Waals surface area contributed by atoms with Crippen molar-refractivity contribution in [3.8, 4) is 6.07 Å². The van der Waals surface area contributed by atoms with Crippen LogP contribution in [0.2, 0.25) is 0 Å². The van der Waals surface area contributed by atoms with Crippen molar-refractivity contribution in [3.63, 3.8) is 0 Å². The van der Waals surface area contributed by atoms with Crippen LogP contribution >= 0.6 is 0 Å². The number of hydrogen-bond acceptors (Lipinski definition) is 3. The lowest BCUT2D eigenvalue weighted by atomic mass is 10.1. The average Bonchev–Trinajstić information content (AvgIpc) is 2.05. The fraction of sp³-hybridized carbons (Fsp3) is 0.125. The largest absolute Gasteiger partial charge is 0.412 e. The van der Waals surface area contributed by atoms with Gasteiger partial charge in [-0.3, -0.25) is 10.1 Å². The zero-order valence-electron chi connectivity index (χ0n) is 6.73. The van der Waals surface area contributed by atoms with Crippen LogP contribution in [0, 0.1) is 21.4 Å².